The van der Waals surface area contributed by atoms with E-state index in [1.54, 1.807) is 19.2 Å². The summed E-state index contributed by atoms with van der Waals surface area (Å²) in [6.07, 6.45) is -2.99. The normalized spacial score (nSPS) is 20.3. The molecule has 126 valence electrons. The Balaban J connectivity index is 1.85. The fourth-order valence-electron chi connectivity index (χ4n) is 3.72. The van der Waals surface area contributed by atoms with E-state index in [9.17, 15) is 18.0 Å². The van der Waals surface area contributed by atoms with Gasteiger partial charge in [0.1, 0.15) is 11.2 Å². The smallest absolute Gasteiger partial charge is 0.403 e. The number of hydrogen-bond donors (Lipinski definition) is 0. The molecule has 0 unspecified atom stereocenters. The second kappa shape index (κ2) is 5.73. The number of benzene rings is 1. The van der Waals surface area contributed by atoms with Gasteiger partial charge in [0.15, 0.2) is 0 Å². The van der Waals surface area contributed by atoms with Crippen LogP contribution in [0.2, 0.25) is 0 Å². The number of fused-ring (bicyclic) bond motifs is 1. The van der Waals surface area contributed by atoms with Crippen molar-refractivity contribution in [2.75, 3.05) is 7.11 Å². The molecule has 1 aliphatic heterocycles. The number of carbonyl (C=O) groups excluding carboxylic acids is 1. The molecule has 1 aromatic rings. The van der Waals surface area contributed by atoms with E-state index in [-0.39, 0.29) is 25.9 Å². The minimum atomic E-state index is -4.49. The van der Waals surface area contributed by atoms with Gasteiger partial charge in [-0.15, -0.1) is 0 Å². The van der Waals surface area contributed by atoms with Crippen molar-refractivity contribution in [3.8, 4) is 5.75 Å². The third-order valence-corrected chi connectivity index (χ3v) is 5.08. The molecule has 1 aliphatic carbocycles. The van der Waals surface area contributed by atoms with Crippen LogP contribution in [0.4, 0.5) is 13.2 Å². The van der Waals surface area contributed by atoms with Crippen molar-refractivity contribution in [2.24, 2.45) is 5.41 Å². The lowest BCUT2D eigenvalue weighted by atomic mass is 9.72. The van der Waals surface area contributed by atoms with Crippen molar-refractivity contribution >= 4 is 5.91 Å². The highest BCUT2D eigenvalue weighted by molar-refractivity contribution is 5.84. The molecular formula is C17H20F3NO2. The topological polar surface area (TPSA) is 29.5 Å². The van der Waals surface area contributed by atoms with Gasteiger partial charge in [-0.05, 0) is 36.1 Å². The van der Waals surface area contributed by atoms with Crippen LogP contribution in [0.1, 0.15) is 43.2 Å². The molecule has 1 heterocycles. The van der Waals surface area contributed by atoms with Gasteiger partial charge >= 0.3 is 6.18 Å². The van der Waals surface area contributed by atoms with Crippen LogP contribution in [0.15, 0.2) is 18.2 Å². The van der Waals surface area contributed by atoms with Gasteiger partial charge < -0.3 is 9.64 Å². The van der Waals surface area contributed by atoms with E-state index < -0.39 is 17.5 Å². The van der Waals surface area contributed by atoms with Crippen molar-refractivity contribution < 1.29 is 22.7 Å². The maximum Gasteiger partial charge on any atom is 0.403 e. The van der Waals surface area contributed by atoms with Crippen LogP contribution < -0.4 is 4.74 Å². The molecule has 0 atom stereocenters. The number of rotatable bonds is 2. The summed E-state index contributed by atoms with van der Waals surface area (Å²) in [7, 11) is 1.54. The van der Waals surface area contributed by atoms with Crippen LogP contribution >= 0.6 is 0 Å². The number of halogens is 3. The summed E-state index contributed by atoms with van der Waals surface area (Å²) in [5.74, 6) is -0.110. The fourth-order valence-corrected chi connectivity index (χ4v) is 3.72. The molecule has 23 heavy (non-hydrogen) atoms. The van der Waals surface area contributed by atoms with E-state index in [2.05, 4.69) is 0 Å². The fraction of sp³-hybridized carbons (Fsp3) is 0.588. The second-order valence-corrected chi connectivity index (χ2v) is 6.44. The highest BCUT2D eigenvalue weighted by Gasteiger charge is 2.61. The lowest BCUT2D eigenvalue weighted by Crippen LogP contribution is -2.52. The highest BCUT2D eigenvalue weighted by atomic mass is 19.4. The van der Waals surface area contributed by atoms with Crippen molar-refractivity contribution in [1.29, 1.82) is 0 Å². The molecular weight excluding hydrogens is 307 g/mol. The molecule has 0 saturated heterocycles. The number of nitrogens with zero attached hydrogens (tertiary/aromatic N) is 1. The molecule has 6 heteroatoms. The van der Waals surface area contributed by atoms with Crippen molar-refractivity contribution in [3.63, 3.8) is 0 Å². The second-order valence-electron chi connectivity index (χ2n) is 6.44. The van der Waals surface area contributed by atoms with E-state index in [1.165, 1.54) is 4.90 Å². The Kier molecular flexibility index (Phi) is 4.02. The Morgan fingerprint density at radius 2 is 1.78 bits per heavy atom. The molecule has 0 N–H and O–H groups in total. The summed E-state index contributed by atoms with van der Waals surface area (Å²) in [4.78, 5) is 14.1. The van der Waals surface area contributed by atoms with Crippen LogP contribution in [0.5, 0.6) is 5.75 Å². The first-order valence-corrected chi connectivity index (χ1v) is 7.89. The van der Waals surface area contributed by atoms with Crippen LogP contribution in [0.3, 0.4) is 0 Å². The Bertz CT molecular complexity index is 606. The number of methoxy groups -OCH3 is 1. The first kappa shape index (κ1) is 16.1. The molecule has 0 aromatic heterocycles. The average molecular weight is 327 g/mol. The maximum atomic E-state index is 13.7. The number of alkyl halides is 3. The van der Waals surface area contributed by atoms with E-state index >= 15 is 0 Å². The Morgan fingerprint density at radius 1 is 1.13 bits per heavy atom. The van der Waals surface area contributed by atoms with Gasteiger partial charge in [-0.1, -0.05) is 25.3 Å². The predicted molar refractivity (Wildman–Crippen MR) is 78.8 cm³/mol. The van der Waals surface area contributed by atoms with Gasteiger partial charge in [0.2, 0.25) is 5.91 Å². The quantitative estimate of drug-likeness (QED) is 0.820. The van der Waals surface area contributed by atoms with E-state index in [0.29, 0.717) is 18.6 Å². The molecule has 0 radical (unpaired) electrons. The molecule has 3 nitrogen and oxygen atoms in total. The van der Waals surface area contributed by atoms with Crippen molar-refractivity contribution in [3.05, 3.63) is 29.3 Å². The predicted octanol–water partition coefficient (Wildman–Crippen LogP) is 4.05. The molecule has 1 aromatic carbocycles. The zero-order valence-corrected chi connectivity index (χ0v) is 13.1. The van der Waals surface area contributed by atoms with Gasteiger partial charge in [-0.25, -0.2) is 0 Å². The summed E-state index contributed by atoms with van der Waals surface area (Å²) in [5.41, 5.74) is -0.435. The average Bonchev–Trinajstić information content (AvgIpc) is 2.96. The van der Waals surface area contributed by atoms with Crippen molar-refractivity contribution in [2.45, 2.75) is 51.4 Å². The molecule has 1 fully saturated rings. The van der Waals surface area contributed by atoms with Crippen molar-refractivity contribution in [1.82, 2.24) is 4.90 Å². The molecule has 0 bridgehead atoms. The number of carbonyl (C=O) groups is 1. The summed E-state index contributed by atoms with van der Waals surface area (Å²) >= 11 is 0. The minimum Gasteiger partial charge on any atom is -0.497 e. The van der Waals surface area contributed by atoms with Gasteiger partial charge in [-0.3, -0.25) is 4.79 Å². The van der Waals surface area contributed by atoms with Crippen LogP contribution in [0, 0.1) is 5.41 Å². The van der Waals surface area contributed by atoms with Gasteiger partial charge in [0.05, 0.1) is 7.11 Å². The molecule has 0 spiro atoms. The Morgan fingerprint density at radius 3 is 2.39 bits per heavy atom. The maximum absolute atomic E-state index is 13.7. The zero-order valence-electron chi connectivity index (χ0n) is 13.1. The third-order valence-electron chi connectivity index (χ3n) is 5.08. The Labute approximate surface area is 133 Å². The standard InChI is InChI=1S/C17H20F3NO2/c1-23-14-6-5-12-10-21(11-13(12)9-14)15(22)16(17(18,19)20)7-3-2-4-8-16/h5-6,9H,2-4,7-8,10-11H2,1H3. The zero-order chi connectivity index (χ0) is 16.7. The summed E-state index contributed by atoms with van der Waals surface area (Å²) in [6, 6.07) is 5.39. The lowest BCUT2D eigenvalue weighted by molar-refractivity contribution is -0.235. The van der Waals surface area contributed by atoms with Gasteiger partial charge in [0.25, 0.3) is 0 Å². The summed E-state index contributed by atoms with van der Waals surface area (Å²) in [6.45, 7) is 0.471. The van der Waals surface area contributed by atoms with Gasteiger partial charge in [0, 0.05) is 13.1 Å². The lowest BCUT2D eigenvalue weighted by Gasteiger charge is -2.39. The first-order chi connectivity index (χ1) is 10.9. The van der Waals surface area contributed by atoms with Gasteiger partial charge in [-0.2, -0.15) is 13.2 Å². The van der Waals surface area contributed by atoms with E-state index in [4.69, 9.17) is 4.74 Å². The largest absolute Gasteiger partial charge is 0.497 e. The molecule has 2 aliphatic rings. The number of ether oxygens (including phenoxy) is 1. The molecule has 1 saturated carbocycles. The summed E-state index contributed by atoms with van der Waals surface area (Å²) < 4.78 is 46.2. The molecule has 1 amide bonds. The number of hydrogen-bond acceptors (Lipinski definition) is 2. The SMILES string of the molecule is COc1ccc2c(c1)CN(C(=O)C1(C(F)(F)F)CCCCC1)C2. The third kappa shape index (κ3) is 2.68. The van der Waals surface area contributed by atoms with Crippen LogP contribution in [0.25, 0.3) is 0 Å². The minimum absolute atomic E-state index is 0.0918. The monoisotopic (exact) mass is 327 g/mol. The number of amides is 1. The van der Waals surface area contributed by atoms with E-state index in [0.717, 1.165) is 17.5 Å². The van der Waals surface area contributed by atoms with E-state index in [1.807, 2.05) is 6.07 Å². The van der Waals surface area contributed by atoms with Crippen LogP contribution in [-0.4, -0.2) is 24.1 Å². The first-order valence-electron chi connectivity index (χ1n) is 7.89. The van der Waals surface area contributed by atoms with Crippen LogP contribution in [-0.2, 0) is 17.9 Å². The highest BCUT2D eigenvalue weighted by Crippen LogP contribution is 2.51. The Hall–Kier alpha value is -1.72. The molecule has 3 rings (SSSR count). The summed E-state index contributed by atoms with van der Waals surface area (Å²) in [5, 5.41) is 0.